The molecule has 10 N–H and O–H groups in total. The minimum atomic E-state index is -1.85. The molecule has 4 aliphatic carbocycles. The average molecular weight is 973 g/mol. The number of aliphatic hydroxyl groups is 10. The fourth-order valence-electron chi connectivity index (χ4n) is 14.3. The fourth-order valence-corrected chi connectivity index (χ4v) is 14.3. The number of fused-ring (bicyclic) bond motifs is 5. The van der Waals surface area contributed by atoms with Crippen molar-refractivity contribution in [2.45, 2.75) is 240 Å². The van der Waals surface area contributed by atoms with Gasteiger partial charge in [0.1, 0.15) is 79.4 Å². The van der Waals surface area contributed by atoms with Gasteiger partial charge in [0, 0.05) is 11.5 Å². The summed E-state index contributed by atoms with van der Waals surface area (Å²) in [6.45, 7) is 12.3. The number of carbonyl (C=O) groups excluding carboxylic acids is 1. The van der Waals surface area contributed by atoms with E-state index >= 15 is 0 Å². The SMILES string of the molecule is CC1OC(OC2C(O)C(C)OC(OC3C(O)C(C)OC(OC4C(O)C(OC5CCC6(C)C(CCC7C6CCC6(C)C(C8=CC(=O)OC8)CCC76O)C5)OC(C)C4(C)O)C3O)C2O)C(O)C(O)C1O. The van der Waals surface area contributed by atoms with E-state index in [1.54, 1.807) is 13.0 Å². The topological polar surface area (TPSA) is 302 Å². The molecule has 0 bridgehead atoms. The van der Waals surface area contributed by atoms with Crippen molar-refractivity contribution in [2.24, 2.45) is 34.5 Å². The van der Waals surface area contributed by atoms with Crippen LogP contribution in [0.1, 0.15) is 106 Å². The largest absolute Gasteiger partial charge is 0.458 e. The molecule has 0 aromatic rings. The minimum Gasteiger partial charge on any atom is -0.458 e. The number of carbonyl (C=O) groups is 1. The molecule has 20 heteroatoms. The zero-order chi connectivity index (χ0) is 49.2. The number of hydrogen-bond donors (Lipinski definition) is 10. The van der Waals surface area contributed by atoms with Gasteiger partial charge in [-0.2, -0.15) is 0 Å². The average Bonchev–Trinajstić information content (AvgIpc) is 3.84. The Hall–Kier alpha value is -1.51. The molecular weight excluding hydrogens is 897 g/mol. The molecule has 28 unspecified atom stereocenters. The van der Waals surface area contributed by atoms with Crippen LogP contribution in [-0.2, 0) is 47.4 Å². The maximum atomic E-state index is 12.7. The third-order valence-electron chi connectivity index (χ3n) is 18.8. The summed E-state index contributed by atoms with van der Waals surface area (Å²) in [5.74, 6) is 0.549. The lowest BCUT2D eigenvalue weighted by Gasteiger charge is -2.64. The lowest BCUT2D eigenvalue weighted by atomic mass is 9.43. The van der Waals surface area contributed by atoms with Gasteiger partial charge in [0.2, 0.25) is 0 Å². The molecule has 0 amide bonds. The van der Waals surface area contributed by atoms with Crippen LogP contribution in [0.15, 0.2) is 11.6 Å². The molecule has 4 saturated heterocycles. The van der Waals surface area contributed by atoms with Gasteiger partial charge in [-0.25, -0.2) is 4.79 Å². The summed E-state index contributed by atoms with van der Waals surface area (Å²) in [6, 6.07) is 0. The molecule has 5 aliphatic heterocycles. The molecule has 0 aromatic carbocycles. The first-order valence-corrected chi connectivity index (χ1v) is 24.9. The van der Waals surface area contributed by atoms with Gasteiger partial charge in [0.25, 0.3) is 0 Å². The van der Waals surface area contributed by atoms with E-state index in [0.29, 0.717) is 31.8 Å². The van der Waals surface area contributed by atoms with Crippen molar-refractivity contribution in [3.05, 3.63) is 11.6 Å². The van der Waals surface area contributed by atoms with E-state index in [4.69, 9.17) is 42.6 Å². The van der Waals surface area contributed by atoms with E-state index in [1.807, 2.05) is 0 Å². The van der Waals surface area contributed by atoms with Crippen LogP contribution >= 0.6 is 0 Å². The number of ether oxygens (including phenoxy) is 9. The third kappa shape index (κ3) is 8.44. The molecule has 28 atom stereocenters. The summed E-state index contributed by atoms with van der Waals surface area (Å²) in [4.78, 5) is 12.0. The van der Waals surface area contributed by atoms with E-state index in [9.17, 15) is 55.9 Å². The van der Waals surface area contributed by atoms with Gasteiger partial charge in [0.15, 0.2) is 25.2 Å². The van der Waals surface area contributed by atoms with Crippen molar-refractivity contribution in [3.8, 4) is 0 Å². The third-order valence-corrected chi connectivity index (χ3v) is 18.8. The Morgan fingerprint density at radius 3 is 1.75 bits per heavy atom. The standard InChI is InChI=1S/C48H76O20/c1-19-30(50)33(53)34(54)41(61-19)66-38-31(51)20(2)62-42(35(38)55)67-39-32(52)21(3)63-43(36(39)56)68-40-37(57)44(64-22(4)47(40,7)58)65-25-10-13-45(5)24(17-25)8-9-28-27(45)11-14-46(6)26(12-15-48(28,46)59)23-16-29(49)60-18-23/h16,19-22,24-28,30-44,50-59H,8-15,17-18H2,1-7H3. The van der Waals surface area contributed by atoms with Crippen molar-refractivity contribution in [1.82, 2.24) is 0 Å². The quantitative estimate of drug-likeness (QED) is 0.102. The summed E-state index contributed by atoms with van der Waals surface area (Å²) in [6.07, 6.45) is -19.0. The molecule has 9 aliphatic rings. The lowest BCUT2D eigenvalue weighted by molar-refractivity contribution is -0.393. The van der Waals surface area contributed by atoms with Crippen LogP contribution in [0.3, 0.4) is 0 Å². The Labute approximate surface area is 396 Å². The van der Waals surface area contributed by atoms with E-state index in [2.05, 4.69) is 13.8 Å². The minimum absolute atomic E-state index is 0.0455. The van der Waals surface area contributed by atoms with Gasteiger partial charge in [-0.3, -0.25) is 0 Å². The highest BCUT2D eigenvalue weighted by Gasteiger charge is 2.68. The molecule has 5 heterocycles. The summed E-state index contributed by atoms with van der Waals surface area (Å²) < 4.78 is 53.3. The van der Waals surface area contributed by atoms with Crippen molar-refractivity contribution in [1.29, 1.82) is 0 Å². The van der Waals surface area contributed by atoms with Crippen LogP contribution in [0.25, 0.3) is 0 Å². The van der Waals surface area contributed by atoms with Crippen LogP contribution in [0.5, 0.6) is 0 Å². The van der Waals surface area contributed by atoms with Gasteiger partial charge in [-0.1, -0.05) is 13.8 Å². The van der Waals surface area contributed by atoms with Crippen molar-refractivity contribution < 1.29 is 98.5 Å². The van der Waals surface area contributed by atoms with E-state index < -0.39 is 128 Å². The van der Waals surface area contributed by atoms with E-state index in [0.717, 1.165) is 44.1 Å². The molecule has 0 aromatic heterocycles. The summed E-state index contributed by atoms with van der Waals surface area (Å²) in [5, 5.41) is 113. The predicted molar refractivity (Wildman–Crippen MR) is 231 cm³/mol. The van der Waals surface area contributed by atoms with E-state index in [1.165, 1.54) is 27.7 Å². The predicted octanol–water partition coefficient (Wildman–Crippen LogP) is -0.598. The molecule has 8 fully saturated rings. The first-order chi connectivity index (χ1) is 31.9. The number of cyclic esters (lactones) is 1. The summed E-state index contributed by atoms with van der Waals surface area (Å²) in [7, 11) is 0. The Kier molecular flexibility index (Phi) is 14.2. The highest BCUT2D eigenvalue weighted by molar-refractivity contribution is 5.85. The molecule has 4 saturated carbocycles. The molecule has 20 nitrogen and oxygen atoms in total. The van der Waals surface area contributed by atoms with Crippen molar-refractivity contribution >= 4 is 5.97 Å². The second kappa shape index (κ2) is 18.8. The maximum absolute atomic E-state index is 12.7. The molecule has 388 valence electrons. The van der Waals surface area contributed by atoms with Gasteiger partial charge in [-0.05, 0) is 127 Å². The Balaban J connectivity index is 0.844. The zero-order valence-electron chi connectivity index (χ0n) is 40.1. The van der Waals surface area contributed by atoms with Crippen LogP contribution in [0.4, 0.5) is 0 Å². The van der Waals surface area contributed by atoms with Gasteiger partial charge in [-0.15, -0.1) is 0 Å². The monoisotopic (exact) mass is 972 g/mol. The van der Waals surface area contributed by atoms with Crippen LogP contribution in [0.2, 0.25) is 0 Å². The number of hydrogen-bond acceptors (Lipinski definition) is 20. The molecule has 68 heavy (non-hydrogen) atoms. The number of esters is 1. The Bertz CT molecular complexity index is 1850. The van der Waals surface area contributed by atoms with E-state index in [-0.39, 0.29) is 40.7 Å². The summed E-state index contributed by atoms with van der Waals surface area (Å²) in [5.41, 5.74) is -2.06. The van der Waals surface area contributed by atoms with Crippen LogP contribution < -0.4 is 0 Å². The van der Waals surface area contributed by atoms with Gasteiger partial charge >= 0.3 is 5.97 Å². The van der Waals surface area contributed by atoms with Crippen LogP contribution in [-0.4, -0.2) is 198 Å². The molecule has 9 rings (SSSR count). The fraction of sp³-hybridized carbons (Fsp3) is 0.938. The van der Waals surface area contributed by atoms with Crippen LogP contribution in [0, 0.1) is 34.5 Å². The van der Waals surface area contributed by atoms with Crippen molar-refractivity contribution in [3.63, 3.8) is 0 Å². The number of rotatable bonds is 9. The lowest BCUT2D eigenvalue weighted by Crippen LogP contribution is -2.69. The molecular formula is C48H76O20. The van der Waals surface area contributed by atoms with Crippen molar-refractivity contribution in [2.75, 3.05) is 6.61 Å². The van der Waals surface area contributed by atoms with Gasteiger partial charge < -0.3 is 93.7 Å². The first kappa shape index (κ1) is 51.4. The highest BCUT2D eigenvalue weighted by atomic mass is 16.8. The molecule has 0 spiro atoms. The maximum Gasteiger partial charge on any atom is 0.331 e. The second-order valence-corrected chi connectivity index (χ2v) is 22.5. The number of aliphatic hydroxyl groups excluding tert-OH is 8. The van der Waals surface area contributed by atoms with Gasteiger partial charge in [0.05, 0.1) is 36.1 Å². The Morgan fingerprint density at radius 1 is 0.574 bits per heavy atom. The normalized spacial score (nSPS) is 57.4. The Morgan fingerprint density at radius 2 is 1.15 bits per heavy atom. The zero-order valence-corrected chi connectivity index (χ0v) is 40.1. The smallest absolute Gasteiger partial charge is 0.331 e. The first-order valence-electron chi connectivity index (χ1n) is 24.9. The highest BCUT2D eigenvalue weighted by Crippen LogP contribution is 2.70. The summed E-state index contributed by atoms with van der Waals surface area (Å²) >= 11 is 0. The molecule has 0 radical (unpaired) electrons. The second-order valence-electron chi connectivity index (χ2n) is 22.5.